The number of imidazole rings is 1. The van der Waals surface area contributed by atoms with Crippen LogP contribution in [0.1, 0.15) is 28.4 Å². The predicted molar refractivity (Wildman–Crippen MR) is 83.5 cm³/mol. The lowest BCUT2D eigenvalue weighted by Crippen LogP contribution is -2.03. The van der Waals surface area contributed by atoms with Gasteiger partial charge in [-0.25, -0.2) is 4.98 Å². The van der Waals surface area contributed by atoms with Crippen LogP contribution in [0.25, 0.3) is 11.0 Å². The summed E-state index contributed by atoms with van der Waals surface area (Å²) in [5.41, 5.74) is 5.61. The number of hydrogen-bond donors (Lipinski definition) is 0. The highest BCUT2D eigenvalue weighted by Crippen LogP contribution is 2.22. The summed E-state index contributed by atoms with van der Waals surface area (Å²) in [7, 11) is 0. The van der Waals surface area contributed by atoms with E-state index in [1.165, 1.54) is 11.1 Å². The molecule has 2 heterocycles. The number of nitrogens with zero attached hydrogens (tertiary/aromatic N) is 3. The molecule has 3 aromatic rings. The van der Waals surface area contributed by atoms with Crippen LogP contribution in [0.5, 0.6) is 0 Å². The lowest BCUT2D eigenvalue weighted by molar-refractivity contribution is 0.391. The van der Waals surface area contributed by atoms with Crippen LogP contribution in [0.4, 0.5) is 0 Å². The van der Waals surface area contributed by atoms with Gasteiger partial charge in [-0.15, -0.1) is 6.58 Å². The zero-order valence-electron chi connectivity index (χ0n) is 12.7. The summed E-state index contributed by atoms with van der Waals surface area (Å²) < 4.78 is 7.33. The van der Waals surface area contributed by atoms with Crippen LogP contribution in [0.2, 0.25) is 0 Å². The SMILES string of the molecule is C=CCn1c(Cc2cc(C)on2)nc2cc(C)c(C)cc21. The Hall–Kier alpha value is -2.36. The lowest BCUT2D eigenvalue weighted by atomic mass is 10.1. The van der Waals surface area contributed by atoms with E-state index in [1.54, 1.807) is 0 Å². The summed E-state index contributed by atoms with van der Waals surface area (Å²) in [5, 5.41) is 4.06. The van der Waals surface area contributed by atoms with Crippen LogP contribution >= 0.6 is 0 Å². The van der Waals surface area contributed by atoms with Crippen molar-refractivity contribution in [2.75, 3.05) is 0 Å². The van der Waals surface area contributed by atoms with Gasteiger partial charge >= 0.3 is 0 Å². The maximum absolute atomic E-state index is 5.14. The van der Waals surface area contributed by atoms with Gasteiger partial charge in [-0.1, -0.05) is 11.2 Å². The van der Waals surface area contributed by atoms with E-state index in [9.17, 15) is 0 Å². The van der Waals surface area contributed by atoms with Crippen molar-refractivity contribution in [3.05, 3.63) is 59.3 Å². The number of benzene rings is 1. The Morgan fingerprint density at radius 1 is 1.19 bits per heavy atom. The van der Waals surface area contributed by atoms with Gasteiger partial charge in [0.2, 0.25) is 0 Å². The first-order chi connectivity index (χ1) is 10.1. The van der Waals surface area contributed by atoms with Gasteiger partial charge in [0.1, 0.15) is 11.6 Å². The normalized spacial score (nSPS) is 11.2. The van der Waals surface area contributed by atoms with Crippen LogP contribution < -0.4 is 0 Å². The zero-order valence-corrected chi connectivity index (χ0v) is 12.7. The van der Waals surface area contributed by atoms with E-state index in [2.05, 4.69) is 42.3 Å². The monoisotopic (exact) mass is 281 g/mol. The Kier molecular flexibility index (Phi) is 3.37. The molecule has 0 amide bonds. The molecule has 0 aliphatic carbocycles. The molecule has 0 N–H and O–H groups in total. The van der Waals surface area contributed by atoms with Crippen LogP contribution in [0.15, 0.2) is 35.4 Å². The molecule has 0 bridgehead atoms. The number of aryl methyl sites for hydroxylation is 3. The number of allylic oxidation sites excluding steroid dienone is 1. The summed E-state index contributed by atoms with van der Waals surface area (Å²) in [6, 6.07) is 6.29. The Bertz CT molecular complexity index is 811. The molecular weight excluding hydrogens is 262 g/mol. The minimum atomic E-state index is 0.665. The molecule has 1 aromatic carbocycles. The number of rotatable bonds is 4. The van der Waals surface area contributed by atoms with Crippen LogP contribution in [-0.2, 0) is 13.0 Å². The van der Waals surface area contributed by atoms with Gasteiger partial charge in [-0.2, -0.15) is 0 Å². The van der Waals surface area contributed by atoms with Crippen LogP contribution in [0, 0.1) is 20.8 Å². The zero-order chi connectivity index (χ0) is 15.0. The van der Waals surface area contributed by atoms with E-state index in [4.69, 9.17) is 9.51 Å². The molecular formula is C17H19N3O. The maximum Gasteiger partial charge on any atom is 0.133 e. The van der Waals surface area contributed by atoms with Crippen molar-refractivity contribution in [2.45, 2.75) is 33.7 Å². The van der Waals surface area contributed by atoms with Gasteiger partial charge in [-0.05, 0) is 44.0 Å². The first-order valence-electron chi connectivity index (χ1n) is 7.08. The van der Waals surface area contributed by atoms with Crippen molar-refractivity contribution in [1.29, 1.82) is 0 Å². The molecule has 0 spiro atoms. The Morgan fingerprint density at radius 3 is 2.62 bits per heavy atom. The van der Waals surface area contributed by atoms with Gasteiger partial charge < -0.3 is 9.09 Å². The van der Waals surface area contributed by atoms with Crippen molar-refractivity contribution >= 4 is 11.0 Å². The molecule has 0 saturated carbocycles. The smallest absolute Gasteiger partial charge is 0.133 e. The van der Waals surface area contributed by atoms with Crippen LogP contribution in [0.3, 0.4) is 0 Å². The standard InChI is InChI=1S/C17H19N3O/c1-5-6-20-16-8-12(3)11(2)7-15(16)18-17(20)10-14-9-13(4)21-19-14/h5,7-9H,1,6,10H2,2-4H3. The maximum atomic E-state index is 5.14. The fourth-order valence-electron chi connectivity index (χ4n) is 2.56. The molecule has 0 fully saturated rings. The molecule has 0 radical (unpaired) electrons. The van der Waals surface area contributed by atoms with Crippen molar-refractivity contribution in [2.24, 2.45) is 0 Å². The predicted octanol–water partition coefficient (Wildman–Crippen LogP) is 3.73. The molecule has 0 atom stereocenters. The largest absolute Gasteiger partial charge is 0.361 e. The topological polar surface area (TPSA) is 43.9 Å². The highest BCUT2D eigenvalue weighted by molar-refractivity contribution is 5.78. The first kappa shape index (κ1) is 13.6. The average Bonchev–Trinajstić information content (AvgIpc) is 2.97. The van der Waals surface area contributed by atoms with E-state index < -0.39 is 0 Å². The summed E-state index contributed by atoms with van der Waals surface area (Å²) in [4.78, 5) is 4.77. The molecule has 0 saturated heterocycles. The van der Waals surface area contributed by atoms with E-state index in [0.29, 0.717) is 6.42 Å². The van der Waals surface area contributed by atoms with Crippen molar-refractivity contribution < 1.29 is 4.52 Å². The fourth-order valence-corrected chi connectivity index (χ4v) is 2.56. The Labute approximate surface area is 124 Å². The van der Waals surface area contributed by atoms with Gasteiger partial charge in [-0.3, -0.25) is 0 Å². The molecule has 0 aliphatic rings. The summed E-state index contributed by atoms with van der Waals surface area (Å²) in [5.74, 6) is 1.81. The molecule has 0 unspecified atom stereocenters. The molecule has 0 aliphatic heterocycles. The van der Waals surface area contributed by atoms with E-state index in [0.717, 1.165) is 34.9 Å². The highest BCUT2D eigenvalue weighted by Gasteiger charge is 2.13. The third kappa shape index (κ3) is 2.49. The molecule has 21 heavy (non-hydrogen) atoms. The minimum Gasteiger partial charge on any atom is -0.361 e. The van der Waals surface area contributed by atoms with Gasteiger partial charge in [0.05, 0.1) is 23.1 Å². The Morgan fingerprint density at radius 2 is 1.95 bits per heavy atom. The number of fused-ring (bicyclic) bond motifs is 1. The molecule has 4 nitrogen and oxygen atoms in total. The molecule has 3 rings (SSSR count). The van der Waals surface area contributed by atoms with E-state index in [1.807, 2.05) is 19.1 Å². The van der Waals surface area contributed by atoms with Crippen molar-refractivity contribution in [1.82, 2.24) is 14.7 Å². The van der Waals surface area contributed by atoms with E-state index in [-0.39, 0.29) is 0 Å². The highest BCUT2D eigenvalue weighted by atomic mass is 16.5. The average molecular weight is 281 g/mol. The third-order valence-electron chi connectivity index (χ3n) is 3.77. The third-order valence-corrected chi connectivity index (χ3v) is 3.77. The summed E-state index contributed by atoms with van der Waals surface area (Å²) in [6.45, 7) is 10.7. The molecule has 4 heteroatoms. The van der Waals surface area contributed by atoms with Crippen molar-refractivity contribution in [3.8, 4) is 0 Å². The minimum absolute atomic E-state index is 0.665. The van der Waals surface area contributed by atoms with Crippen LogP contribution in [-0.4, -0.2) is 14.7 Å². The second kappa shape index (κ2) is 5.20. The van der Waals surface area contributed by atoms with Gasteiger partial charge in [0.15, 0.2) is 0 Å². The van der Waals surface area contributed by atoms with Gasteiger partial charge in [0.25, 0.3) is 0 Å². The number of aromatic nitrogens is 3. The van der Waals surface area contributed by atoms with Crippen molar-refractivity contribution in [3.63, 3.8) is 0 Å². The quantitative estimate of drug-likeness (QED) is 0.684. The number of hydrogen-bond acceptors (Lipinski definition) is 3. The lowest BCUT2D eigenvalue weighted by Gasteiger charge is -2.06. The summed E-state index contributed by atoms with van der Waals surface area (Å²) >= 11 is 0. The first-order valence-corrected chi connectivity index (χ1v) is 7.08. The molecule has 2 aromatic heterocycles. The summed E-state index contributed by atoms with van der Waals surface area (Å²) in [6.07, 6.45) is 2.56. The Balaban J connectivity index is 2.12. The molecule has 108 valence electrons. The van der Waals surface area contributed by atoms with Gasteiger partial charge in [0, 0.05) is 12.6 Å². The van der Waals surface area contributed by atoms with E-state index >= 15 is 0 Å². The second-order valence-electron chi connectivity index (χ2n) is 5.46. The fraction of sp³-hybridized carbons (Fsp3) is 0.294. The second-order valence-corrected chi connectivity index (χ2v) is 5.46.